The highest BCUT2D eigenvalue weighted by molar-refractivity contribution is 6.37. The minimum absolute atomic E-state index is 0.0698. The molecule has 5 atom stereocenters. The first kappa shape index (κ1) is 27.9. The van der Waals surface area contributed by atoms with E-state index in [4.69, 9.17) is 5.73 Å². The Morgan fingerprint density at radius 1 is 1.03 bits per heavy atom. The predicted octanol–water partition coefficient (Wildman–Crippen LogP) is 1.32. The molecule has 5 amide bonds. The number of nitrogens with two attached hydrogens (primary N) is 1. The van der Waals surface area contributed by atoms with Crippen LogP contribution in [-0.2, 0) is 19.2 Å². The van der Waals surface area contributed by atoms with Crippen molar-refractivity contribution in [2.75, 3.05) is 6.54 Å². The number of nitrogens with zero attached hydrogens (tertiary/aromatic N) is 1. The van der Waals surface area contributed by atoms with Gasteiger partial charge in [-0.3, -0.25) is 19.2 Å². The maximum Gasteiger partial charge on any atom is 0.315 e. The number of carbonyl (C=O) groups excluding carboxylic acids is 5. The molecular formula is C26H43N5O5. The number of ketones is 1. The smallest absolute Gasteiger partial charge is 0.315 e. The van der Waals surface area contributed by atoms with Crippen molar-refractivity contribution in [2.24, 2.45) is 34.3 Å². The third kappa shape index (κ3) is 5.67. The van der Waals surface area contributed by atoms with Crippen LogP contribution < -0.4 is 21.7 Å². The number of hydrogen-bond donors (Lipinski definition) is 4. The summed E-state index contributed by atoms with van der Waals surface area (Å²) in [6, 6.07) is -3.19. The number of carbonyl (C=O) groups is 5. The van der Waals surface area contributed by atoms with Crippen LogP contribution in [0.1, 0.15) is 74.1 Å². The molecular weight excluding hydrogens is 462 g/mol. The molecule has 0 aromatic carbocycles. The van der Waals surface area contributed by atoms with E-state index in [9.17, 15) is 24.0 Å². The largest absolute Gasteiger partial charge is 0.363 e. The Labute approximate surface area is 213 Å². The normalized spacial score (nSPS) is 26.3. The van der Waals surface area contributed by atoms with E-state index in [1.54, 1.807) is 4.90 Å². The number of amides is 5. The fraction of sp³-hybridized carbons (Fsp3) is 0.808. The maximum atomic E-state index is 13.8. The average Bonchev–Trinajstić information content (AvgIpc) is 3.06. The molecule has 0 aromatic rings. The van der Waals surface area contributed by atoms with Gasteiger partial charge < -0.3 is 26.6 Å². The number of fused-ring (bicyclic) bond motifs is 1. The second-order valence-corrected chi connectivity index (χ2v) is 12.8. The second-order valence-electron chi connectivity index (χ2n) is 12.8. The zero-order valence-corrected chi connectivity index (χ0v) is 22.6. The molecule has 10 nitrogen and oxygen atoms in total. The quantitative estimate of drug-likeness (QED) is 0.349. The zero-order valence-electron chi connectivity index (χ0n) is 22.6. The number of nitrogens with one attached hydrogen (secondary N) is 3. The van der Waals surface area contributed by atoms with Crippen molar-refractivity contribution in [2.45, 2.75) is 98.3 Å². The monoisotopic (exact) mass is 505 g/mol. The summed E-state index contributed by atoms with van der Waals surface area (Å²) in [5.41, 5.74) is 4.54. The van der Waals surface area contributed by atoms with E-state index in [1.807, 2.05) is 34.6 Å². The molecule has 0 spiro atoms. The summed E-state index contributed by atoms with van der Waals surface area (Å²) in [4.78, 5) is 65.7. The van der Waals surface area contributed by atoms with Crippen LogP contribution in [-0.4, -0.2) is 65.1 Å². The number of hydrogen-bond acceptors (Lipinski definition) is 5. The van der Waals surface area contributed by atoms with Crippen LogP contribution >= 0.6 is 0 Å². The first-order valence-corrected chi connectivity index (χ1v) is 13.1. The number of Topliss-reactive ketones (excluding diaryl/α,β-unsaturated/α-hetero) is 1. The summed E-state index contributed by atoms with van der Waals surface area (Å²) in [6.45, 7) is 13.8. The lowest BCUT2D eigenvalue weighted by Crippen LogP contribution is -2.61. The van der Waals surface area contributed by atoms with Gasteiger partial charge >= 0.3 is 6.03 Å². The SMILES string of the molecule is CC(C)NC(=O)N[C@H](C(=O)N1C[C@@H]2[C@H]([C@H]1C(=O)N[C@@H](CC1CCC1)C(=O)C(N)=O)C2(C)C)C(C)(C)C. The molecule has 3 aliphatic rings. The molecule has 3 fully saturated rings. The molecule has 202 valence electrons. The number of piperidine rings is 1. The van der Waals surface area contributed by atoms with Crippen molar-refractivity contribution in [1.82, 2.24) is 20.9 Å². The highest BCUT2D eigenvalue weighted by atomic mass is 16.2. The van der Waals surface area contributed by atoms with Gasteiger partial charge in [0.25, 0.3) is 5.91 Å². The van der Waals surface area contributed by atoms with E-state index >= 15 is 0 Å². The van der Waals surface area contributed by atoms with E-state index in [1.165, 1.54) is 0 Å². The molecule has 1 aliphatic heterocycles. The van der Waals surface area contributed by atoms with Crippen LogP contribution in [0.4, 0.5) is 4.79 Å². The highest BCUT2D eigenvalue weighted by Gasteiger charge is 2.69. The predicted molar refractivity (Wildman–Crippen MR) is 134 cm³/mol. The Morgan fingerprint density at radius 2 is 1.64 bits per heavy atom. The van der Waals surface area contributed by atoms with Crippen LogP contribution in [0, 0.1) is 28.6 Å². The van der Waals surface area contributed by atoms with Crippen LogP contribution in [0.2, 0.25) is 0 Å². The summed E-state index contributed by atoms with van der Waals surface area (Å²) in [7, 11) is 0. The van der Waals surface area contributed by atoms with Gasteiger partial charge in [-0.05, 0) is 48.9 Å². The van der Waals surface area contributed by atoms with Gasteiger partial charge in [-0.25, -0.2) is 4.79 Å². The maximum absolute atomic E-state index is 13.8. The van der Waals surface area contributed by atoms with Crippen molar-refractivity contribution in [3.63, 3.8) is 0 Å². The van der Waals surface area contributed by atoms with Crippen molar-refractivity contribution >= 4 is 29.5 Å². The Kier molecular flexibility index (Phi) is 7.77. The van der Waals surface area contributed by atoms with Gasteiger partial charge in [0.15, 0.2) is 0 Å². The lowest BCUT2D eigenvalue weighted by atomic mass is 9.80. The molecule has 2 saturated carbocycles. The lowest BCUT2D eigenvalue weighted by molar-refractivity contribution is -0.145. The minimum Gasteiger partial charge on any atom is -0.363 e. The minimum atomic E-state index is -1.07. The molecule has 5 N–H and O–H groups in total. The second kappa shape index (κ2) is 10.0. The fourth-order valence-electron chi connectivity index (χ4n) is 5.78. The van der Waals surface area contributed by atoms with Gasteiger partial charge in [-0.2, -0.15) is 0 Å². The molecule has 0 bridgehead atoms. The molecule has 0 unspecified atom stereocenters. The molecule has 2 aliphatic carbocycles. The van der Waals surface area contributed by atoms with Crippen LogP contribution in [0.25, 0.3) is 0 Å². The summed E-state index contributed by atoms with van der Waals surface area (Å²) in [5, 5.41) is 8.33. The van der Waals surface area contributed by atoms with Gasteiger partial charge in [0.2, 0.25) is 17.6 Å². The van der Waals surface area contributed by atoms with Crippen LogP contribution in [0.3, 0.4) is 0 Å². The molecule has 0 aromatic heterocycles. The van der Waals surface area contributed by atoms with Gasteiger partial charge in [0.1, 0.15) is 12.1 Å². The highest BCUT2D eigenvalue weighted by Crippen LogP contribution is 2.65. The van der Waals surface area contributed by atoms with Crippen LogP contribution in [0.15, 0.2) is 0 Å². The third-order valence-corrected chi connectivity index (χ3v) is 8.24. The van der Waals surface area contributed by atoms with Crippen molar-refractivity contribution in [1.29, 1.82) is 0 Å². The molecule has 1 saturated heterocycles. The summed E-state index contributed by atoms with van der Waals surface area (Å²) >= 11 is 0. The first-order chi connectivity index (χ1) is 16.6. The molecule has 1 heterocycles. The summed E-state index contributed by atoms with van der Waals surface area (Å²) in [5.74, 6) is -2.33. The van der Waals surface area contributed by atoms with Crippen LogP contribution in [0.5, 0.6) is 0 Å². The number of likely N-dealkylation sites (tertiary alicyclic amines) is 1. The van der Waals surface area contributed by atoms with Gasteiger partial charge in [0, 0.05) is 12.6 Å². The Balaban J connectivity index is 1.83. The van der Waals surface area contributed by atoms with Crippen molar-refractivity contribution < 1.29 is 24.0 Å². The van der Waals surface area contributed by atoms with Gasteiger partial charge in [0.05, 0.1) is 6.04 Å². The molecule has 3 rings (SSSR count). The number of urea groups is 1. The average molecular weight is 506 g/mol. The Bertz CT molecular complexity index is 920. The molecule has 0 radical (unpaired) electrons. The number of primary amides is 1. The van der Waals surface area contributed by atoms with Gasteiger partial charge in [-0.15, -0.1) is 0 Å². The third-order valence-electron chi connectivity index (χ3n) is 8.24. The lowest BCUT2D eigenvalue weighted by Gasteiger charge is -2.38. The molecule has 36 heavy (non-hydrogen) atoms. The van der Waals surface area contributed by atoms with E-state index in [-0.39, 0.29) is 35.1 Å². The Hall–Kier alpha value is -2.65. The number of rotatable bonds is 9. The molecule has 10 heteroatoms. The van der Waals surface area contributed by atoms with Crippen molar-refractivity contribution in [3.05, 3.63) is 0 Å². The van der Waals surface area contributed by atoms with Crippen molar-refractivity contribution in [3.8, 4) is 0 Å². The standard InChI is InChI=1S/C26H43N5O5/c1-13(2)28-24(36)30-20(25(3,4)5)23(35)31-12-15-17(26(15,6)7)18(31)22(34)29-16(19(32)21(27)33)11-14-9-8-10-14/h13-18,20H,8-12H2,1-7H3,(H2,27,33)(H,29,34)(H2,28,30,36)/t15-,16+,17-,18+,20-/m1/s1. The summed E-state index contributed by atoms with van der Waals surface area (Å²) < 4.78 is 0. The summed E-state index contributed by atoms with van der Waals surface area (Å²) in [6.07, 6.45) is 3.32. The van der Waals surface area contributed by atoms with E-state index in [0.717, 1.165) is 19.3 Å². The van der Waals surface area contributed by atoms with Gasteiger partial charge in [-0.1, -0.05) is 53.9 Å². The first-order valence-electron chi connectivity index (χ1n) is 13.1. The van der Waals surface area contributed by atoms with E-state index < -0.39 is 47.2 Å². The topological polar surface area (TPSA) is 151 Å². The van der Waals surface area contributed by atoms with E-state index in [0.29, 0.717) is 13.0 Å². The fourth-order valence-corrected chi connectivity index (χ4v) is 5.78. The van der Waals surface area contributed by atoms with E-state index in [2.05, 4.69) is 29.8 Å². The Morgan fingerprint density at radius 3 is 2.11 bits per heavy atom. The zero-order chi connectivity index (χ0) is 27.2.